The van der Waals surface area contributed by atoms with Gasteiger partial charge in [0.15, 0.2) is 17.3 Å². The Kier molecular flexibility index (Phi) is 12.0. The van der Waals surface area contributed by atoms with Crippen LogP contribution in [0.1, 0.15) is 22.8 Å². The van der Waals surface area contributed by atoms with Crippen LogP contribution < -0.4 is 19.5 Å². The number of nitrogens with one attached hydrogen (secondary N) is 1. The summed E-state index contributed by atoms with van der Waals surface area (Å²) in [7, 11) is 3.23. The van der Waals surface area contributed by atoms with Crippen LogP contribution in [-0.4, -0.2) is 73.1 Å². The second-order valence-electron chi connectivity index (χ2n) is 6.80. The summed E-state index contributed by atoms with van der Waals surface area (Å²) < 4.78 is 16.1. The van der Waals surface area contributed by atoms with Crippen LogP contribution in [0, 0.1) is 0 Å². The number of aliphatic hydroxyl groups is 1. The Bertz CT molecular complexity index is 901. The molecule has 0 aliphatic carbocycles. The minimum absolute atomic E-state index is 0.0141. The van der Waals surface area contributed by atoms with Gasteiger partial charge < -0.3 is 34.8 Å². The van der Waals surface area contributed by atoms with Crippen molar-refractivity contribution in [3.8, 4) is 17.2 Å². The van der Waals surface area contributed by atoms with E-state index in [0.717, 1.165) is 18.5 Å². The van der Waals surface area contributed by atoms with E-state index in [1.807, 2.05) is 18.2 Å². The number of carboxylic acid groups (broad SMARTS) is 2. The number of benzene rings is 2. The first kappa shape index (κ1) is 27.4. The molecule has 180 valence electrons. The highest BCUT2D eigenvalue weighted by Gasteiger charge is 2.07. The zero-order valence-corrected chi connectivity index (χ0v) is 18.7. The van der Waals surface area contributed by atoms with E-state index in [4.69, 9.17) is 34.0 Å². The molecule has 2 aromatic rings. The van der Waals surface area contributed by atoms with Gasteiger partial charge in [-0.25, -0.2) is 9.59 Å². The number of methoxy groups -OCH3 is 2. The normalized spacial score (nSPS) is 10.9. The van der Waals surface area contributed by atoms with Crippen molar-refractivity contribution in [2.75, 3.05) is 33.9 Å². The second-order valence-corrected chi connectivity index (χ2v) is 6.80. The zero-order valence-electron chi connectivity index (χ0n) is 18.7. The van der Waals surface area contributed by atoms with Crippen molar-refractivity contribution in [3.63, 3.8) is 0 Å². The zero-order chi connectivity index (χ0) is 24.8. The third kappa shape index (κ3) is 10.5. The van der Waals surface area contributed by atoms with Crippen LogP contribution in [-0.2, 0) is 16.0 Å². The lowest BCUT2D eigenvalue weighted by Gasteiger charge is -2.14. The first-order valence-corrected chi connectivity index (χ1v) is 9.97. The molecule has 0 saturated carbocycles. The van der Waals surface area contributed by atoms with Crippen LogP contribution in [0.3, 0.4) is 0 Å². The maximum atomic E-state index is 11.2. The average Bonchev–Trinajstić information content (AvgIpc) is 2.80. The molecule has 0 spiro atoms. The maximum Gasteiger partial charge on any atom is 0.414 e. The highest BCUT2D eigenvalue weighted by Crippen LogP contribution is 2.27. The average molecular weight is 463 g/mol. The summed E-state index contributed by atoms with van der Waals surface area (Å²) >= 11 is 0. The summed E-state index contributed by atoms with van der Waals surface area (Å²) in [4.78, 5) is 29.4. The van der Waals surface area contributed by atoms with E-state index in [0.29, 0.717) is 29.4 Å². The molecule has 0 heterocycles. The smallest absolute Gasteiger partial charge is 0.414 e. The van der Waals surface area contributed by atoms with Crippen molar-refractivity contribution < 1.29 is 43.9 Å². The Balaban J connectivity index is 0.000000801. The number of ketones is 1. The van der Waals surface area contributed by atoms with Crippen molar-refractivity contribution in [2.24, 2.45) is 0 Å². The van der Waals surface area contributed by atoms with Crippen LogP contribution in [0.4, 0.5) is 0 Å². The predicted molar refractivity (Wildman–Crippen MR) is 119 cm³/mol. The van der Waals surface area contributed by atoms with Gasteiger partial charge in [0.25, 0.3) is 0 Å². The van der Waals surface area contributed by atoms with Gasteiger partial charge in [0.1, 0.15) is 18.5 Å². The minimum Gasteiger partial charge on any atom is -0.493 e. The Labute approximate surface area is 191 Å². The lowest BCUT2D eigenvalue weighted by atomic mass is 10.1. The molecular formula is C23H29NO9. The number of carboxylic acids is 2. The summed E-state index contributed by atoms with van der Waals surface area (Å²) in [6.45, 7) is 2.86. The van der Waals surface area contributed by atoms with Gasteiger partial charge in [0, 0.05) is 12.1 Å². The van der Waals surface area contributed by atoms with Gasteiger partial charge in [0.05, 0.1) is 14.2 Å². The van der Waals surface area contributed by atoms with Crippen LogP contribution in [0.15, 0.2) is 42.5 Å². The summed E-state index contributed by atoms with van der Waals surface area (Å²) in [6.07, 6.45) is 0.184. The highest BCUT2D eigenvalue weighted by atomic mass is 16.5. The van der Waals surface area contributed by atoms with E-state index in [1.165, 1.54) is 6.92 Å². The lowest BCUT2D eigenvalue weighted by Crippen LogP contribution is -2.32. The number of rotatable bonds is 11. The number of carbonyl (C=O) groups excluding carboxylic acids is 1. The fourth-order valence-electron chi connectivity index (χ4n) is 2.57. The largest absolute Gasteiger partial charge is 0.493 e. The van der Waals surface area contributed by atoms with Crippen molar-refractivity contribution in [3.05, 3.63) is 53.6 Å². The lowest BCUT2D eigenvalue weighted by molar-refractivity contribution is -0.159. The molecular weight excluding hydrogens is 434 g/mol. The Morgan fingerprint density at radius 3 is 2.06 bits per heavy atom. The van der Waals surface area contributed by atoms with Crippen molar-refractivity contribution in [2.45, 2.75) is 19.4 Å². The standard InChI is InChI=1S/C21H27NO5.C2H2O4/c1-15(23)17-5-7-19(8-6-17)27-14-18(24)13-22-11-10-16-4-9-20(25-2)21(12-16)26-3;3-1(4)2(5)6/h4-9,12,18,22,24H,10-11,13-14H2,1-3H3;(H,3,4)(H,5,6). The molecule has 0 radical (unpaired) electrons. The number of hydrogen-bond donors (Lipinski definition) is 4. The van der Waals surface area contributed by atoms with E-state index in [-0.39, 0.29) is 12.4 Å². The maximum absolute atomic E-state index is 11.2. The van der Waals surface area contributed by atoms with Gasteiger partial charge in [0.2, 0.25) is 0 Å². The number of Topliss-reactive ketones (excluding diaryl/α,β-unsaturated/α-hetero) is 1. The Morgan fingerprint density at radius 2 is 1.55 bits per heavy atom. The molecule has 1 unspecified atom stereocenters. The summed E-state index contributed by atoms with van der Waals surface area (Å²) in [6, 6.07) is 12.7. The molecule has 4 N–H and O–H groups in total. The number of carbonyl (C=O) groups is 3. The quantitative estimate of drug-likeness (QED) is 0.220. The third-order valence-corrected chi connectivity index (χ3v) is 4.30. The van der Waals surface area contributed by atoms with Gasteiger partial charge in [-0.05, 0) is 61.9 Å². The minimum atomic E-state index is -1.82. The SMILES string of the molecule is COc1ccc(CCNCC(O)COc2ccc(C(C)=O)cc2)cc1OC.O=C(O)C(=O)O. The van der Waals surface area contributed by atoms with E-state index in [9.17, 15) is 9.90 Å². The van der Waals surface area contributed by atoms with Crippen LogP contribution >= 0.6 is 0 Å². The first-order chi connectivity index (χ1) is 15.7. The van der Waals surface area contributed by atoms with Crippen LogP contribution in [0.25, 0.3) is 0 Å². The van der Waals surface area contributed by atoms with E-state index in [1.54, 1.807) is 38.5 Å². The molecule has 0 aliphatic rings. The molecule has 0 aromatic heterocycles. The predicted octanol–water partition coefficient (Wildman–Crippen LogP) is 1.63. The monoisotopic (exact) mass is 463 g/mol. The van der Waals surface area contributed by atoms with Crippen molar-refractivity contribution in [1.82, 2.24) is 5.32 Å². The molecule has 33 heavy (non-hydrogen) atoms. The van der Waals surface area contributed by atoms with Crippen molar-refractivity contribution in [1.29, 1.82) is 0 Å². The molecule has 1 atom stereocenters. The molecule has 10 heteroatoms. The third-order valence-electron chi connectivity index (χ3n) is 4.30. The van der Waals surface area contributed by atoms with Gasteiger partial charge in [-0.15, -0.1) is 0 Å². The van der Waals surface area contributed by atoms with Gasteiger partial charge in [-0.2, -0.15) is 0 Å². The van der Waals surface area contributed by atoms with Crippen LogP contribution in [0.5, 0.6) is 17.2 Å². The number of aliphatic hydroxyl groups excluding tert-OH is 1. The second kappa shape index (κ2) is 14.4. The summed E-state index contributed by atoms with van der Waals surface area (Å²) in [5, 5.41) is 28.0. The van der Waals surface area contributed by atoms with E-state index in [2.05, 4.69) is 5.32 Å². The topological polar surface area (TPSA) is 152 Å². The van der Waals surface area contributed by atoms with Crippen LogP contribution in [0.2, 0.25) is 0 Å². The molecule has 2 aromatic carbocycles. The molecule has 0 amide bonds. The molecule has 2 rings (SSSR count). The fourth-order valence-corrected chi connectivity index (χ4v) is 2.57. The highest BCUT2D eigenvalue weighted by molar-refractivity contribution is 6.27. The Morgan fingerprint density at radius 1 is 0.939 bits per heavy atom. The van der Waals surface area contributed by atoms with Gasteiger partial charge >= 0.3 is 11.9 Å². The van der Waals surface area contributed by atoms with E-state index >= 15 is 0 Å². The Hall–Kier alpha value is -3.63. The fraction of sp³-hybridized carbons (Fsp3) is 0.348. The molecule has 0 aliphatic heterocycles. The molecule has 0 fully saturated rings. The number of aliphatic carboxylic acids is 2. The molecule has 10 nitrogen and oxygen atoms in total. The summed E-state index contributed by atoms with van der Waals surface area (Å²) in [5.74, 6) is -1.59. The summed E-state index contributed by atoms with van der Waals surface area (Å²) in [5.41, 5.74) is 1.76. The van der Waals surface area contributed by atoms with E-state index < -0.39 is 18.0 Å². The first-order valence-electron chi connectivity index (χ1n) is 9.97. The number of hydrogen-bond acceptors (Lipinski definition) is 8. The van der Waals surface area contributed by atoms with Gasteiger partial charge in [-0.1, -0.05) is 6.07 Å². The van der Waals surface area contributed by atoms with Crippen molar-refractivity contribution >= 4 is 17.7 Å². The molecule has 0 bridgehead atoms. The molecule has 0 saturated heterocycles. The number of ether oxygens (including phenoxy) is 3. The van der Waals surface area contributed by atoms with Gasteiger partial charge in [-0.3, -0.25) is 4.79 Å².